The van der Waals surface area contributed by atoms with Crippen LogP contribution in [0.5, 0.6) is 5.75 Å². The molecule has 0 atom stereocenters. The van der Waals surface area contributed by atoms with Crippen molar-refractivity contribution in [3.8, 4) is 11.8 Å². The van der Waals surface area contributed by atoms with Crippen molar-refractivity contribution in [3.05, 3.63) is 58.9 Å². The van der Waals surface area contributed by atoms with Crippen molar-refractivity contribution >= 4 is 0 Å². The van der Waals surface area contributed by atoms with Crippen molar-refractivity contribution in [2.24, 2.45) is 0 Å². The number of nitrogens with one attached hydrogen (secondary N) is 1. The van der Waals surface area contributed by atoms with Crippen LogP contribution in [0.3, 0.4) is 0 Å². The van der Waals surface area contributed by atoms with Crippen LogP contribution in [0, 0.1) is 18.3 Å². The van der Waals surface area contributed by atoms with Gasteiger partial charge in [0.15, 0.2) is 0 Å². The normalized spacial score (nSPS) is 10.1. The predicted molar refractivity (Wildman–Crippen MR) is 81.8 cm³/mol. The number of nitriles is 1. The molecule has 0 aliphatic rings. The molecule has 4 heteroatoms. The van der Waals surface area contributed by atoms with E-state index < -0.39 is 0 Å². The third-order valence-electron chi connectivity index (χ3n) is 3.06. The van der Waals surface area contributed by atoms with Gasteiger partial charge in [-0.05, 0) is 43.3 Å². The number of hydrogen-bond donors (Lipinski definition) is 1. The smallest absolute Gasteiger partial charge is 0.142 e. The van der Waals surface area contributed by atoms with Crippen LogP contribution in [-0.2, 0) is 13.2 Å². The predicted octanol–water partition coefficient (Wildman–Crippen LogP) is 2.95. The van der Waals surface area contributed by atoms with E-state index in [1.807, 2.05) is 37.3 Å². The van der Waals surface area contributed by atoms with Crippen LogP contribution in [0.2, 0.25) is 0 Å². The standard InChI is InChI=1S/C17H19N3O/c1-3-19-11-16-17(8-7-13(2)20-16)21-12-15-6-4-5-14(9-15)10-18/h4-9,19H,3,11-12H2,1-2H3. The Balaban J connectivity index is 2.10. The topological polar surface area (TPSA) is 57.9 Å². The lowest BCUT2D eigenvalue weighted by atomic mass is 10.1. The zero-order chi connectivity index (χ0) is 15.1. The molecule has 0 saturated heterocycles. The second kappa shape index (κ2) is 7.41. The molecule has 1 aromatic heterocycles. The number of aromatic nitrogens is 1. The molecule has 0 radical (unpaired) electrons. The fraction of sp³-hybridized carbons (Fsp3) is 0.294. The Morgan fingerprint density at radius 2 is 2.14 bits per heavy atom. The van der Waals surface area contributed by atoms with Gasteiger partial charge < -0.3 is 10.1 Å². The minimum Gasteiger partial charge on any atom is -0.487 e. The summed E-state index contributed by atoms with van der Waals surface area (Å²) in [5.41, 5.74) is 3.50. The summed E-state index contributed by atoms with van der Waals surface area (Å²) in [6.45, 7) is 6.03. The second-order valence-electron chi connectivity index (χ2n) is 4.78. The van der Waals surface area contributed by atoms with Gasteiger partial charge in [0.25, 0.3) is 0 Å². The van der Waals surface area contributed by atoms with Gasteiger partial charge in [-0.3, -0.25) is 4.98 Å². The summed E-state index contributed by atoms with van der Waals surface area (Å²) in [5, 5.41) is 12.2. The lowest BCUT2D eigenvalue weighted by Gasteiger charge is -2.12. The summed E-state index contributed by atoms with van der Waals surface area (Å²) in [6.07, 6.45) is 0. The maximum absolute atomic E-state index is 8.91. The Hall–Kier alpha value is -2.38. The summed E-state index contributed by atoms with van der Waals surface area (Å²) >= 11 is 0. The van der Waals surface area contributed by atoms with Gasteiger partial charge in [0.2, 0.25) is 0 Å². The van der Waals surface area contributed by atoms with Crippen LogP contribution in [0.4, 0.5) is 0 Å². The average molecular weight is 281 g/mol. The van der Waals surface area contributed by atoms with E-state index in [0.717, 1.165) is 29.2 Å². The lowest BCUT2D eigenvalue weighted by Crippen LogP contribution is -2.14. The van der Waals surface area contributed by atoms with Gasteiger partial charge >= 0.3 is 0 Å². The molecule has 0 fully saturated rings. The minimum atomic E-state index is 0.430. The number of pyridine rings is 1. The summed E-state index contributed by atoms with van der Waals surface area (Å²) in [6, 6.07) is 13.5. The van der Waals surface area contributed by atoms with Crippen LogP contribution in [0.1, 0.15) is 29.4 Å². The molecule has 0 aliphatic heterocycles. The van der Waals surface area contributed by atoms with E-state index in [-0.39, 0.29) is 0 Å². The molecule has 4 nitrogen and oxygen atoms in total. The molecule has 0 aliphatic carbocycles. The summed E-state index contributed by atoms with van der Waals surface area (Å²) in [7, 11) is 0. The van der Waals surface area contributed by atoms with Crippen LogP contribution >= 0.6 is 0 Å². The Kier molecular flexibility index (Phi) is 5.30. The molecule has 0 saturated carbocycles. The van der Waals surface area contributed by atoms with Crippen molar-refractivity contribution in [3.63, 3.8) is 0 Å². The van der Waals surface area contributed by atoms with Crippen LogP contribution in [0.15, 0.2) is 36.4 Å². The van der Waals surface area contributed by atoms with Crippen molar-refractivity contribution in [2.75, 3.05) is 6.54 Å². The van der Waals surface area contributed by atoms with Gasteiger partial charge in [-0.1, -0.05) is 19.1 Å². The first-order valence-electron chi connectivity index (χ1n) is 7.02. The maximum atomic E-state index is 8.91. The van der Waals surface area contributed by atoms with Gasteiger partial charge in [-0.15, -0.1) is 0 Å². The monoisotopic (exact) mass is 281 g/mol. The Labute approximate surface area is 125 Å². The van der Waals surface area contributed by atoms with E-state index in [2.05, 4.69) is 23.3 Å². The zero-order valence-electron chi connectivity index (χ0n) is 12.4. The zero-order valence-corrected chi connectivity index (χ0v) is 12.4. The van der Waals surface area contributed by atoms with E-state index in [0.29, 0.717) is 18.7 Å². The molecule has 108 valence electrons. The fourth-order valence-electron chi connectivity index (χ4n) is 1.99. The highest BCUT2D eigenvalue weighted by molar-refractivity contribution is 5.33. The van der Waals surface area contributed by atoms with Gasteiger partial charge in [-0.2, -0.15) is 5.26 Å². The molecule has 0 bridgehead atoms. The highest BCUT2D eigenvalue weighted by Gasteiger charge is 2.06. The molecule has 2 rings (SSSR count). The van der Waals surface area contributed by atoms with Crippen molar-refractivity contribution < 1.29 is 4.74 Å². The number of benzene rings is 1. The number of nitrogens with zero attached hydrogens (tertiary/aromatic N) is 2. The Morgan fingerprint density at radius 3 is 2.90 bits per heavy atom. The lowest BCUT2D eigenvalue weighted by molar-refractivity contribution is 0.300. The summed E-state index contributed by atoms with van der Waals surface area (Å²) in [4.78, 5) is 4.52. The third-order valence-corrected chi connectivity index (χ3v) is 3.06. The molecule has 1 N–H and O–H groups in total. The van der Waals surface area contributed by atoms with Gasteiger partial charge in [-0.25, -0.2) is 0 Å². The SMILES string of the molecule is CCNCc1nc(C)ccc1OCc1cccc(C#N)c1. The quantitative estimate of drug-likeness (QED) is 0.884. The van der Waals surface area contributed by atoms with E-state index >= 15 is 0 Å². The Morgan fingerprint density at radius 1 is 1.29 bits per heavy atom. The molecule has 0 unspecified atom stereocenters. The van der Waals surface area contributed by atoms with Crippen molar-refractivity contribution in [1.82, 2.24) is 10.3 Å². The minimum absolute atomic E-state index is 0.430. The van der Waals surface area contributed by atoms with Gasteiger partial charge in [0.1, 0.15) is 12.4 Å². The molecular formula is C17H19N3O. The van der Waals surface area contributed by atoms with E-state index in [9.17, 15) is 0 Å². The van der Waals surface area contributed by atoms with Crippen LogP contribution in [0.25, 0.3) is 0 Å². The second-order valence-corrected chi connectivity index (χ2v) is 4.78. The molecular weight excluding hydrogens is 262 g/mol. The van der Waals surface area contributed by atoms with Crippen molar-refractivity contribution in [1.29, 1.82) is 5.26 Å². The average Bonchev–Trinajstić information content (AvgIpc) is 2.52. The van der Waals surface area contributed by atoms with E-state index in [4.69, 9.17) is 10.00 Å². The first-order chi connectivity index (χ1) is 10.2. The molecule has 0 amide bonds. The Bertz CT molecular complexity index is 647. The highest BCUT2D eigenvalue weighted by atomic mass is 16.5. The van der Waals surface area contributed by atoms with Gasteiger partial charge in [0.05, 0.1) is 17.3 Å². The number of aryl methyl sites for hydroxylation is 1. The molecule has 21 heavy (non-hydrogen) atoms. The van der Waals surface area contributed by atoms with E-state index in [1.54, 1.807) is 6.07 Å². The van der Waals surface area contributed by atoms with Crippen LogP contribution in [-0.4, -0.2) is 11.5 Å². The maximum Gasteiger partial charge on any atom is 0.142 e. The van der Waals surface area contributed by atoms with Gasteiger partial charge in [0, 0.05) is 12.2 Å². The molecule has 1 aromatic carbocycles. The first kappa shape index (κ1) is 15.0. The first-order valence-corrected chi connectivity index (χ1v) is 7.02. The number of rotatable bonds is 6. The van der Waals surface area contributed by atoms with E-state index in [1.165, 1.54) is 0 Å². The largest absolute Gasteiger partial charge is 0.487 e. The van der Waals surface area contributed by atoms with Crippen molar-refractivity contribution in [2.45, 2.75) is 27.0 Å². The number of hydrogen-bond acceptors (Lipinski definition) is 4. The summed E-state index contributed by atoms with van der Waals surface area (Å²) < 4.78 is 5.86. The molecule has 0 spiro atoms. The molecule has 2 aromatic rings. The third kappa shape index (κ3) is 4.30. The fourth-order valence-corrected chi connectivity index (χ4v) is 1.99. The number of ether oxygens (including phenoxy) is 1. The summed E-state index contributed by atoms with van der Waals surface area (Å²) in [5.74, 6) is 0.781. The van der Waals surface area contributed by atoms with Crippen LogP contribution < -0.4 is 10.1 Å². The highest BCUT2D eigenvalue weighted by Crippen LogP contribution is 2.18. The molecule has 1 heterocycles.